The number of alkyl halides is 1. The summed E-state index contributed by atoms with van der Waals surface area (Å²) in [6.07, 6.45) is 0. The van der Waals surface area contributed by atoms with Crippen molar-refractivity contribution in [3.63, 3.8) is 0 Å². The second kappa shape index (κ2) is 3.48. The number of rotatable bonds is 4. The van der Waals surface area contributed by atoms with Crippen LogP contribution < -0.4 is 0 Å². The maximum Gasteiger partial charge on any atom is 0.336 e. The number of hydrogen-bond acceptors (Lipinski definition) is 1. The summed E-state index contributed by atoms with van der Waals surface area (Å²) < 4.78 is 12.1. The number of halogens is 1. The Morgan fingerprint density at radius 1 is 1.64 bits per heavy atom. The Hall–Kier alpha value is -0.900. The summed E-state index contributed by atoms with van der Waals surface area (Å²) in [5.41, 5.74) is 0.0349. The number of likely N-dealkylation sites (N-methyl/N-ethyl adjacent to an activating group) is 1. The summed E-state index contributed by atoms with van der Waals surface area (Å²) in [7, 11) is 3.21. The molecular formula is C7H13FNO2+. The maximum atomic E-state index is 12.1. The topological polar surface area (TPSA) is 37.3 Å². The zero-order valence-corrected chi connectivity index (χ0v) is 6.80. The Morgan fingerprint density at radius 2 is 2.09 bits per heavy atom. The maximum absolute atomic E-state index is 12.1. The summed E-state index contributed by atoms with van der Waals surface area (Å²) in [4.78, 5) is 10.3. The number of carboxylic acids is 1. The van der Waals surface area contributed by atoms with Crippen molar-refractivity contribution in [1.82, 2.24) is 0 Å². The minimum Gasteiger partial charge on any atom is -0.478 e. The Bertz CT molecular complexity index is 177. The molecule has 0 fully saturated rings. The average Bonchev–Trinajstić information content (AvgIpc) is 1.87. The molecule has 0 rings (SSSR count). The van der Waals surface area contributed by atoms with Crippen molar-refractivity contribution in [3.05, 3.63) is 12.2 Å². The normalized spacial score (nSPS) is 11.2. The smallest absolute Gasteiger partial charge is 0.336 e. The van der Waals surface area contributed by atoms with Gasteiger partial charge >= 0.3 is 5.97 Å². The summed E-state index contributed by atoms with van der Waals surface area (Å²) >= 11 is 0. The van der Waals surface area contributed by atoms with Gasteiger partial charge in [0.25, 0.3) is 0 Å². The second-order valence-corrected chi connectivity index (χ2v) is 3.12. The lowest BCUT2D eigenvalue weighted by Crippen LogP contribution is -2.41. The Labute approximate surface area is 65.3 Å². The molecule has 0 saturated heterocycles. The number of carboxylic acid groups (broad SMARTS) is 1. The highest BCUT2D eigenvalue weighted by molar-refractivity contribution is 5.85. The molecule has 0 saturated carbocycles. The zero-order valence-electron chi connectivity index (χ0n) is 6.80. The quantitative estimate of drug-likeness (QED) is 0.374. The van der Waals surface area contributed by atoms with Crippen molar-refractivity contribution in [2.24, 2.45) is 0 Å². The highest BCUT2D eigenvalue weighted by Crippen LogP contribution is 2.02. The van der Waals surface area contributed by atoms with Crippen LogP contribution in [0.25, 0.3) is 0 Å². The third kappa shape index (κ3) is 3.72. The van der Waals surface area contributed by atoms with Crippen LogP contribution in [0.2, 0.25) is 0 Å². The van der Waals surface area contributed by atoms with Crippen LogP contribution in [0.4, 0.5) is 4.39 Å². The van der Waals surface area contributed by atoms with Crippen LogP contribution in [-0.4, -0.2) is 43.0 Å². The van der Waals surface area contributed by atoms with Crippen molar-refractivity contribution in [1.29, 1.82) is 0 Å². The summed E-state index contributed by atoms with van der Waals surface area (Å²) in [6.45, 7) is 2.85. The summed E-state index contributed by atoms with van der Waals surface area (Å²) in [5.74, 6) is -1.07. The van der Waals surface area contributed by atoms with Crippen molar-refractivity contribution in [2.45, 2.75) is 0 Å². The minimum atomic E-state index is -1.07. The molecular weight excluding hydrogens is 149 g/mol. The molecule has 3 nitrogen and oxygen atoms in total. The molecule has 0 spiro atoms. The SMILES string of the molecule is C=C(C[N+](C)(C)CF)C(=O)O. The van der Waals surface area contributed by atoms with Gasteiger partial charge in [0.15, 0.2) is 0 Å². The Kier molecular flexibility index (Phi) is 3.19. The van der Waals surface area contributed by atoms with Gasteiger partial charge in [-0.3, -0.25) is 4.48 Å². The van der Waals surface area contributed by atoms with Crippen LogP contribution in [0.5, 0.6) is 0 Å². The van der Waals surface area contributed by atoms with Crippen LogP contribution >= 0.6 is 0 Å². The highest BCUT2D eigenvalue weighted by atomic mass is 19.1. The van der Waals surface area contributed by atoms with Gasteiger partial charge in [-0.15, -0.1) is 0 Å². The Morgan fingerprint density at radius 3 is 2.36 bits per heavy atom. The molecule has 0 amide bonds. The molecule has 1 N–H and O–H groups in total. The van der Waals surface area contributed by atoms with E-state index >= 15 is 0 Å². The van der Waals surface area contributed by atoms with E-state index in [1.807, 2.05) is 0 Å². The molecule has 0 aromatic carbocycles. The van der Waals surface area contributed by atoms with E-state index in [-0.39, 0.29) is 16.6 Å². The largest absolute Gasteiger partial charge is 0.478 e. The molecule has 0 unspecified atom stereocenters. The third-order valence-corrected chi connectivity index (χ3v) is 1.24. The van der Waals surface area contributed by atoms with Gasteiger partial charge in [-0.05, 0) is 0 Å². The summed E-state index contributed by atoms with van der Waals surface area (Å²) in [5, 5.41) is 8.41. The van der Waals surface area contributed by atoms with E-state index in [2.05, 4.69) is 6.58 Å². The van der Waals surface area contributed by atoms with Gasteiger partial charge in [0, 0.05) is 0 Å². The lowest BCUT2D eigenvalue weighted by Gasteiger charge is -2.25. The number of aliphatic carboxylic acids is 1. The molecule has 11 heavy (non-hydrogen) atoms. The molecule has 4 heteroatoms. The summed E-state index contributed by atoms with van der Waals surface area (Å²) in [6, 6.07) is 0. The molecule has 0 radical (unpaired) electrons. The first-order valence-electron chi connectivity index (χ1n) is 3.18. The molecule has 0 aromatic rings. The second-order valence-electron chi connectivity index (χ2n) is 3.12. The van der Waals surface area contributed by atoms with Crippen molar-refractivity contribution in [2.75, 3.05) is 27.4 Å². The fourth-order valence-corrected chi connectivity index (χ4v) is 0.627. The van der Waals surface area contributed by atoms with Crippen LogP contribution in [0, 0.1) is 0 Å². The Balaban J connectivity index is 4.04. The van der Waals surface area contributed by atoms with E-state index in [4.69, 9.17) is 5.11 Å². The van der Waals surface area contributed by atoms with Gasteiger partial charge in [0.2, 0.25) is 6.80 Å². The molecule has 0 atom stereocenters. The van der Waals surface area contributed by atoms with Gasteiger partial charge in [-0.25, -0.2) is 4.79 Å². The van der Waals surface area contributed by atoms with Crippen molar-refractivity contribution in [3.8, 4) is 0 Å². The van der Waals surface area contributed by atoms with Gasteiger partial charge < -0.3 is 5.11 Å². The van der Waals surface area contributed by atoms with Gasteiger partial charge in [0.1, 0.15) is 6.54 Å². The lowest BCUT2D eigenvalue weighted by molar-refractivity contribution is -0.897. The molecule has 0 heterocycles. The number of hydrogen-bond donors (Lipinski definition) is 1. The van der Waals surface area contributed by atoms with Crippen LogP contribution in [0.15, 0.2) is 12.2 Å². The molecule has 64 valence electrons. The van der Waals surface area contributed by atoms with E-state index < -0.39 is 12.8 Å². The first-order chi connectivity index (χ1) is 4.89. The molecule has 0 aliphatic heterocycles. The van der Waals surface area contributed by atoms with Crippen molar-refractivity contribution >= 4 is 5.97 Å². The molecule has 0 aromatic heterocycles. The number of nitrogens with zero attached hydrogens (tertiary/aromatic N) is 1. The van der Waals surface area contributed by atoms with Crippen LogP contribution in [0.3, 0.4) is 0 Å². The highest BCUT2D eigenvalue weighted by Gasteiger charge is 2.18. The average molecular weight is 162 g/mol. The third-order valence-electron chi connectivity index (χ3n) is 1.24. The minimum absolute atomic E-state index is 0.00509. The van der Waals surface area contributed by atoms with E-state index in [9.17, 15) is 9.18 Å². The zero-order chi connectivity index (χ0) is 9.07. The van der Waals surface area contributed by atoms with E-state index in [0.29, 0.717) is 0 Å². The standard InChI is InChI=1S/C7H12FNO2/c1-6(7(10)11)4-9(2,3)5-8/h1,4-5H2,2-3H3/p+1. The first-order valence-corrected chi connectivity index (χ1v) is 3.18. The van der Waals surface area contributed by atoms with Gasteiger partial charge in [-0.2, -0.15) is 4.39 Å². The van der Waals surface area contributed by atoms with E-state index in [0.717, 1.165) is 0 Å². The van der Waals surface area contributed by atoms with E-state index in [1.165, 1.54) is 0 Å². The molecule has 0 aliphatic rings. The van der Waals surface area contributed by atoms with Crippen LogP contribution in [0.1, 0.15) is 0 Å². The predicted molar refractivity (Wildman–Crippen MR) is 39.7 cm³/mol. The van der Waals surface area contributed by atoms with Gasteiger partial charge in [-0.1, -0.05) is 6.58 Å². The van der Waals surface area contributed by atoms with Gasteiger partial charge in [0.05, 0.1) is 19.7 Å². The number of carbonyl (C=O) groups is 1. The van der Waals surface area contributed by atoms with E-state index in [1.54, 1.807) is 14.1 Å². The fraction of sp³-hybridized carbons (Fsp3) is 0.571. The van der Waals surface area contributed by atoms with Crippen LogP contribution in [-0.2, 0) is 4.79 Å². The van der Waals surface area contributed by atoms with Crippen molar-refractivity contribution < 1.29 is 18.8 Å². The lowest BCUT2D eigenvalue weighted by atomic mass is 10.3. The molecule has 0 bridgehead atoms. The first kappa shape index (κ1) is 10.1. The fourth-order valence-electron chi connectivity index (χ4n) is 0.627. The monoisotopic (exact) mass is 162 g/mol. The predicted octanol–water partition coefficient (Wildman–Crippen LogP) is 0.631. The number of quaternary nitrogens is 1. The molecule has 0 aliphatic carbocycles.